The minimum Gasteiger partial charge on any atom is -0.487 e. The zero-order chi connectivity index (χ0) is 21.5. The zero-order valence-electron chi connectivity index (χ0n) is 17.4. The second kappa shape index (κ2) is 8.12. The average Bonchev–Trinajstić information content (AvgIpc) is 3.31. The number of rotatable bonds is 5. The number of hydrogen-bond donors (Lipinski definition) is 1. The van der Waals surface area contributed by atoms with E-state index in [-0.39, 0.29) is 35.1 Å². The molecule has 1 aromatic carbocycles. The van der Waals surface area contributed by atoms with Crippen LogP contribution in [0.1, 0.15) is 48.8 Å². The van der Waals surface area contributed by atoms with Crippen LogP contribution in [0.25, 0.3) is 10.4 Å². The molecule has 160 valence electrons. The maximum atomic E-state index is 14.2. The second-order valence-electron chi connectivity index (χ2n) is 8.65. The molecule has 5 nitrogen and oxygen atoms in total. The predicted molar refractivity (Wildman–Crippen MR) is 114 cm³/mol. The van der Waals surface area contributed by atoms with Crippen LogP contribution in [0.15, 0.2) is 24.3 Å². The van der Waals surface area contributed by atoms with E-state index in [0.717, 1.165) is 10.4 Å². The van der Waals surface area contributed by atoms with E-state index < -0.39 is 0 Å². The van der Waals surface area contributed by atoms with E-state index in [4.69, 9.17) is 9.47 Å². The summed E-state index contributed by atoms with van der Waals surface area (Å²) in [6, 6.07) is 6.50. The maximum absolute atomic E-state index is 14.2. The molecule has 7 heteroatoms. The number of carbonyl (C=O) groups excluding carboxylic acids is 2. The summed E-state index contributed by atoms with van der Waals surface area (Å²) in [6.07, 6.45) is 1.69. The number of halogens is 1. The molecule has 1 aromatic heterocycles. The number of Topliss-reactive ketones (excluding diaryl/α,β-unsaturated/α-hetero) is 1. The van der Waals surface area contributed by atoms with Gasteiger partial charge in [-0.1, -0.05) is 0 Å². The highest BCUT2D eigenvalue weighted by atomic mass is 32.1. The third-order valence-corrected chi connectivity index (χ3v) is 6.87. The van der Waals surface area contributed by atoms with Crippen molar-refractivity contribution in [3.05, 3.63) is 40.5 Å². The molecule has 1 amide bonds. The minimum atomic E-state index is -0.334. The molecule has 4 rings (SSSR count). The molecule has 0 bridgehead atoms. The van der Waals surface area contributed by atoms with E-state index in [9.17, 15) is 14.0 Å². The topological polar surface area (TPSA) is 64.6 Å². The molecule has 1 saturated heterocycles. The third-order valence-electron chi connectivity index (χ3n) is 5.65. The Morgan fingerprint density at radius 3 is 2.80 bits per heavy atom. The van der Waals surface area contributed by atoms with Crippen molar-refractivity contribution in [3.63, 3.8) is 0 Å². The fraction of sp³-hybridized carbons (Fsp3) is 0.478. The number of ether oxygens (including phenoxy) is 2. The predicted octanol–water partition coefficient (Wildman–Crippen LogP) is 4.38. The summed E-state index contributed by atoms with van der Waals surface area (Å²) in [4.78, 5) is 25.7. The SMILES string of the molecule is CC(=O)c1ccc(-c2cc(F)cc3c2O[C@@H](CNC(=O)[C@H]2CCOC(C)(C)C2)C3)s1. The zero-order valence-corrected chi connectivity index (χ0v) is 18.2. The van der Waals surface area contributed by atoms with Crippen LogP contribution in [0.4, 0.5) is 4.39 Å². The quantitative estimate of drug-likeness (QED) is 0.714. The normalized spacial score (nSPS) is 22.3. The van der Waals surface area contributed by atoms with Crippen molar-refractivity contribution < 1.29 is 23.5 Å². The molecule has 2 atom stereocenters. The lowest BCUT2D eigenvalue weighted by atomic mass is 9.88. The van der Waals surface area contributed by atoms with E-state index in [2.05, 4.69) is 5.32 Å². The molecule has 0 radical (unpaired) electrons. The summed E-state index contributed by atoms with van der Waals surface area (Å²) in [6.45, 7) is 6.47. The van der Waals surface area contributed by atoms with E-state index in [1.165, 1.54) is 30.4 Å². The van der Waals surface area contributed by atoms with Crippen LogP contribution in [0.5, 0.6) is 5.75 Å². The smallest absolute Gasteiger partial charge is 0.223 e. The lowest BCUT2D eigenvalue weighted by molar-refractivity contribution is -0.135. The Balaban J connectivity index is 1.44. The molecule has 0 saturated carbocycles. The highest BCUT2D eigenvalue weighted by Crippen LogP contribution is 2.42. The van der Waals surface area contributed by atoms with E-state index in [0.29, 0.717) is 48.6 Å². The van der Waals surface area contributed by atoms with Crippen LogP contribution in [0, 0.1) is 11.7 Å². The fourth-order valence-corrected chi connectivity index (χ4v) is 5.09. The molecular weight excluding hydrogens is 405 g/mol. The van der Waals surface area contributed by atoms with Gasteiger partial charge in [-0.3, -0.25) is 9.59 Å². The first-order chi connectivity index (χ1) is 14.2. The standard InChI is InChI=1S/C23H26FNO4S/c1-13(26)19-4-5-20(30-19)18-10-16(24)8-15-9-17(29-21(15)18)12-25-22(27)14-6-7-28-23(2,3)11-14/h4-5,8,10,14,17H,6-7,9,11-12H2,1-3H3,(H,25,27)/t14-,17+/m0/s1. The Hall–Kier alpha value is -2.25. The van der Waals surface area contributed by atoms with Gasteiger partial charge in [-0.15, -0.1) is 11.3 Å². The van der Waals surface area contributed by atoms with Crippen molar-refractivity contribution in [3.8, 4) is 16.2 Å². The number of ketones is 1. The fourth-order valence-electron chi connectivity index (χ4n) is 4.18. The van der Waals surface area contributed by atoms with Gasteiger partial charge >= 0.3 is 0 Å². The maximum Gasteiger partial charge on any atom is 0.223 e. The summed E-state index contributed by atoms with van der Waals surface area (Å²) in [7, 11) is 0. The number of amides is 1. The number of nitrogens with one attached hydrogen (secondary N) is 1. The largest absolute Gasteiger partial charge is 0.487 e. The number of carbonyl (C=O) groups is 2. The molecule has 0 aliphatic carbocycles. The van der Waals surface area contributed by atoms with Gasteiger partial charge in [-0.2, -0.15) is 0 Å². The molecule has 2 aliphatic rings. The van der Waals surface area contributed by atoms with Crippen molar-refractivity contribution in [2.75, 3.05) is 13.2 Å². The molecular formula is C23H26FNO4S. The van der Waals surface area contributed by atoms with Crippen LogP contribution in [0.2, 0.25) is 0 Å². The van der Waals surface area contributed by atoms with Crippen LogP contribution in [-0.2, 0) is 16.0 Å². The van der Waals surface area contributed by atoms with Crippen molar-refractivity contribution >= 4 is 23.0 Å². The van der Waals surface area contributed by atoms with Gasteiger partial charge in [-0.25, -0.2) is 4.39 Å². The molecule has 1 N–H and O–H groups in total. The highest BCUT2D eigenvalue weighted by Gasteiger charge is 2.34. The molecule has 30 heavy (non-hydrogen) atoms. The van der Waals surface area contributed by atoms with Crippen LogP contribution >= 0.6 is 11.3 Å². The van der Waals surface area contributed by atoms with Crippen molar-refractivity contribution in [1.82, 2.24) is 5.32 Å². The third kappa shape index (κ3) is 4.42. The Kier molecular flexibility index (Phi) is 5.68. The van der Waals surface area contributed by atoms with E-state index >= 15 is 0 Å². The first-order valence-electron chi connectivity index (χ1n) is 10.2. The van der Waals surface area contributed by atoms with E-state index in [1.54, 1.807) is 6.07 Å². The van der Waals surface area contributed by atoms with Crippen molar-refractivity contribution in [2.45, 2.75) is 51.7 Å². The van der Waals surface area contributed by atoms with E-state index in [1.807, 2.05) is 19.9 Å². The highest BCUT2D eigenvalue weighted by molar-refractivity contribution is 7.17. The Morgan fingerprint density at radius 1 is 1.30 bits per heavy atom. The van der Waals surface area contributed by atoms with Crippen LogP contribution in [-0.4, -0.2) is 36.5 Å². The lowest BCUT2D eigenvalue weighted by Crippen LogP contribution is -2.43. The van der Waals surface area contributed by atoms with Crippen LogP contribution < -0.4 is 10.1 Å². The minimum absolute atomic E-state index is 0.0155. The molecule has 2 aromatic rings. The van der Waals surface area contributed by atoms with Gasteiger partial charge in [0.2, 0.25) is 5.91 Å². The summed E-state index contributed by atoms with van der Waals surface area (Å²) < 4.78 is 26.0. The summed E-state index contributed by atoms with van der Waals surface area (Å²) >= 11 is 1.33. The summed E-state index contributed by atoms with van der Waals surface area (Å²) in [5, 5.41) is 3.00. The summed E-state index contributed by atoms with van der Waals surface area (Å²) in [5.41, 5.74) is 1.16. The van der Waals surface area contributed by atoms with Gasteiger partial charge < -0.3 is 14.8 Å². The van der Waals surface area contributed by atoms with Crippen molar-refractivity contribution in [1.29, 1.82) is 0 Å². The number of hydrogen-bond acceptors (Lipinski definition) is 5. The Morgan fingerprint density at radius 2 is 2.10 bits per heavy atom. The number of thiophene rings is 1. The lowest BCUT2D eigenvalue weighted by Gasteiger charge is -2.34. The van der Waals surface area contributed by atoms with Crippen molar-refractivity contribution in [2.24, 2.45) is 5.92 Å². The summed E-state index contributed by atoms with van der Waals surface area (Å²) in [5.74, 6) is 0.236. The number of benzene rings is 1. The average molecular weight is 432 g/mol. The first kappa shape index (κ1) is 21.0. The number of fused-ring (bicyclic) bond motifs is 1. The van der Waals surface area contributed by atoms with Gasteiger partial charge in [0.1, 0.15) is 17.7 Å². The van der Waals surface area contributed by atoms with Gasteiger partial charge in [0.15, 0.2) is 5.78 Å². The Bertz CT molecular complexity index is 984. The van der Waals surface area contributed by atoms with Gasteiger partial charge in [0, 0.05) is 34.9 Å². The molecule has 1 fully saturated rings. The van der Waals surface area contributed by atoms with Gasteiger partial charge in [0.05, 0.1) is 17.0 Å². The molecule has 0 spiro atoms. The molecule has 3 heterocycles. The van der Waals surface area contributed by atoms with Crippen LogP contribution in [0.3, 0.4) is 0 Å². The molecule has 2 aliphatic heterocycles. The first-order valence-corrected chi connectivity index (χ1v) is 11.1. The van der Waals surface area contributed by atoms with Gasteiger partial charge in [0.25, 0.3) is 0 Å². The Labute approximate surface area is 179 Å². The second-order valence-corrected chi connectivity index (χ2v) is 9.73. The monoisotopic (exact) mass is 431 g/mol. The van der Waals surface area contributed by atoms with Gasteiger partial charge in [-0.05, 0) is 57.9 Å². The molecule has 0 unspecified atom stereocenters.